The fraction of sp³-hybridized carbons (Fsp3) is 0.571. The molecular weight excluding hydrogens is 297 g/mol. The Bertz CT molecular complexity index is 521. The Balaban J connectivity index is 1.96. The molecule has 0 spiro atoms. The average Bonchev–Trinajstić information content (AvgIpc) is 2.96. The quantitative estimate of drug-likeness (QED) is 0.642. The first-order chi connectivity index (χ1) is 9.99. The van der Waals surface area contributed by atoms with E-state index >= 15 is 0 Å². The molecule has 0 bridgehead atoms. The Morgan fingerprint density at radius 3 is 2.76 bits per heavy atom. The van der Waals surface area contributed by atoms with Crippen LogP contribution in [-0.4, -0.2) is 36.0 Å². The number of benzene rings is 1. The van der Waals surface area contributed by atoms with Gasteiger partial charge in [0, 0.05) is 31.3 Å². The first-order valence-corrected chi connectivity index (χ1v) is 7.44. The highest BCUT2D eigenvalue weighted by molar-refractivity contribution is 6.31. The van der Waals surface area contributed by atoms with Crippen molar-refractivity contribution in [3.63, 3.8) is 0 Å². The molecule has 1 fully saturated rings. The third kappa shape index (κ3) is 4.04. The Morgan fingerprint density at radius 1 is 1.48 bits per heavy atom. The first kappa shape index (κ1) is 16.0. The van der Waals surface area contributed by atoms with Gasteiger partial charge in [-0.15, -0.1) is 0 Å². The summed E-state index contributed by atoms with van der Waals surface area (Å²) in [7, 11) is 2.05. The monoisotopic (exact) mass is 315 g/mol. The van der Waals surface area contributed by atoms with Crippen LogP contribution in [0.25, 0.3) is 0 Å². The SMILES string of the molecule is CN(CCNc1cc(F)c(Cl)cc1[N+](=O)[O-])C1CCCC1. The van der Waals surface area contributed by atoms with Gasteiger partial charge in [0.05, 0.1) is 9.95 Å². The van der Waals surface area contributed by atoms with Crippen molar-refractivity contribution in [2.45, 2.75) is 31.7 Å². The second kappa shape index (κ2) is 7.04. The van der Waals surface area contributed by atoms with Gasteiger partial charge in [-0.25, -0.2) is 4.39 Å². The van der Waals surface area contributed by atoms with E-state index in [-0.39, 0.29) is 16.4 Å². The Kier molecular flexibility index (Phi) is 5.36. The van der Waals surface area contributed by atoms with E-state index in [0.717, 1.165) is 18.7 Å². The van der Waals surface area contributed by atoms with E-state index in [4.69, 9.17) is 11.6 Å². The summed E-state index contributed by atoms with van der Waals surface area (Å²) < 4.78 is 13.4. The number of nitrogens with zero attached hydrogens (tertiary/aromatic N) is 2. The summed E-state index contributed by atoms with van der Waals surface area (Å²) in [6, 6.07) is 2.71. The highest BCUT2D eigenvalue weighted by Gasteiger charge is 2.20. The fourth-order valence-corrected chi connectivity index (χ4v) is 2.88. The van der Waals surface area contributed by atoms with Crippen molar-refractivity contribution in [1.82, 2.24) is 4.90 Å². The van der Waals surface area contributed by atoms with Crippen LogP contribution in [0, 0.1) is 15.9 Å². The van der Waals surface area contributed by atoms with Gasteiger partial charge in [0.1, 0.15) is 11.5 Å². The predicted molar refractivity (Wildman–Crippen MR) is 81.4 cm³/mol. The van der Waals surface area contributed by atoms with Gasteiger partial charge in [-0.2, -0.15) is 0 Å². The zero-order valence-corrected chi connectivity index (χ0v) is 12.7. The normalized spacial score (nSPS) is 15.6. The van der Waals surface area contributed by atoms with E-state index < -0.39 is 10.7 Å². The van der Waals surface area contributed by atoms with Crippen LogP contribution in [0.1, 0.15) is 25.7 Å². The lowest BCUT2D eigenvalue weighted by Gasteiger charge is -2.24. The fourth-order valence-electron chi connectivity index (χ4n) is 2.72. The van der Waals surface area contributed by atoms with Crippen molar-refractivity contribution >= 4 is 23.0 Å². The standard InChI is InChI=1S/C14H19ClFN3O2/c1-18(10-4-2-3-5-10)7-6-17-13-9-12(16)11(15)8-14(13)19(20)21/h8-10,17H,2-7H2,1H3. The molecule has 0 heterocycles. The smallest absolute Gasteiger partial charge is 0.294 e. The Labute approximate surface area is 128 Å². The zero-order chi connectivity index (χ0) is 15.4. The third-order valence-electron chi connectivity index (χ3n) is 3.96. The molecule has 1 aliphatic rings. The minimum absolute atomic E-state index is 0.168. The number of nitro benzene ring substituents is 1. The summed E-state index contributed by atoms with van der Waals surface area (Å²) in [6.07, 6.45) is 4.92. The minimum atomic E-state index is -0.658. The van der Waals surface area contributed by atoms with Gasteiger partial charge in [0.15, 0.2) is 0 Å². The van der Waals surface area contributed by atoms with Gasteiger partial charge < -0.3 is 10.2 Å². The summed E-state index contributed by atoms with van der Waals surface area (Å²) in [5, 5.41) is 13.7. The van der Waals surface area contributed by atoms with Crippen molar-refractivity contribution in [3.8, 4) is 0 Å². The second-order valence-corrected chi connectivity index (χ2v) is 5.79. The minimum Gasteiger partial charge on any atom is -0.378 e. The van der Waals surface area contributed by atoms with Crippen molar-refractivity contribution in [2.24, 2.45) is 0 Å². The molecular formula is C14H19ClFN3O2. The maximum Gasteiger partial charge on any atom is 0.294 e. The number of hydrogen-bond acceptors (Lipinski definition) is 4. The molecule has 21 heavy (non-hydrogen) atoms. The summed E-state index contributed by atoms with van der Waals surface area (Å²) >= 11 is 5.59. The summed E-state index contributed by atoms with van der Waals surface area (Å²) in [6.45, 7) is 1.28. The van der Waals surface area contributed by atoms with Crippen molar-refractivity contribution < 1.29 is 9.31 Å². The highest BCUT2D eigenvalue weighted by atomic mass is 35.5. The molecule has 1 aromatic carbocycles. The summed E-state index contributed by atoms with van der Waals surface area (Å²) in [4.78, 5) is 12.7. The largest absolute Gasteiger partial charge is 0.378 e. The molecule has 1 saturated carbocycles. The average molecular weight is 316 g/mol. The van der Waals surface area contributed by atoms with Crippen LogP contribution < -0.4 is 5.32 Å². The third-order valence-corrected chi connectivity index (χ3v) is 4.25. The van der Waals surface area contributed by atoms with Gasteiger partial charge in [-0.1, -0.05) is 24.4 Å². The molecule has 0 aromatic heterocycles. The Hall–Kier alpha value is -1.40. The predicted octanol–water partition coefficient (Wildman–Crippen LogP) is 3.67. The van der Waals surface area contributed by atoms with Crippen molar-refractivity contribution in [2.75, 3.05) is 25.5 Å². The molecule has 1 N–H and O–H groups in total. The molecule has 1 aromatic rings. The van der Waals surface area contributed by atoms with E-state index in [0.29, 0.717) is 12.6 Å². The molecule has 0 radical (unpaired) electrons. The number of hydrogen-bond donors (Lipinski definition) is 1. The molecule has 0 atom stereocenters. The number of likely N-dealkylation sites (N-methyl/N-ethyl adjacent to an activating group) is 1. The number of nitrogens with one attached hydrogen (secondary N) is 1. The van der Waals surface area contributed by atoms with Gasteiger partial charge >= 0.3 is 0 Å². The molecule has 0 unspecified atom stereocenters. The first-order valence-electron chi connectivity index (χ1n) is 7.06. The molecule has 116 valence electrons. The highest BCUT2D eigenvalue weighted by Crippen LogP contribution is 2.30. The number of halogens is 2. The molecule has 0 saturated heterocycles. The van der Waals surface area contributed by atoms with E-state index in [1.165, 1.54) is 25.7 Å². The lowest BCUT2D eigenvalue weighted by molar-refractivity contribution is -0.384. The van der Waals surface area contributed by atoms with E-state index in [9.17, 15) is 14.5 Å². The van der Waals surface area contributed by atoms with Gasteiger partial charge in [-0.05, 0) is 19.9 Å². The van der Waals surface area contributed by atoms with Crippen LogP contribution in [0.3, 0.4) is 0 Å². The molecule has 1 aliphatic carbocycles. The van der Waals surface area contributed by atoms with Crippen molar-refractivity contribution in [3.05, 3.63) is 33.1 Å². The van der Waals surface area contributed by atoms with Crippen LogP contribution >= 0.6 is 11.6 Å². The van der Waals surface area contributed by atoms with Gasteiger partial charge in [0.25, 0.3) is 5.69 Å². The summed E-state index contributed by atoms with van der Waals surface area (Å²) in [5.74, 6) is -0.658. The molecule has 0 aliphatic heterocycles. The van der Waals surface area contributed by atoms with Gasteiger partial charge in [0.2, 0.25) is 0 Å². The lowest BCUT2D eigenvalue weighted by Crippen LogP contribution is -2.33. The van der Waals surface area contributed by atoms with Gasteiger partial charge in [-0.3, -0.25) is 10.1 Å². The molecule has 0 amide bonds. The second-order valence-electron chi connectivity index (χ2n) is 5.39. The number of rotatable bonds is 6. The Morgan fingerprint density at radius 2 is 2.14 bits per heavy atom. The maximum absolute atomic E-state index is 13.4. The molecule has 2 rings (SSSR count). The topological polar surface area (TPSA) is 58.4 Å². The van der Waals surface area contributed by atoms with E-state index in [2.05, 4.69) is 17.3 Å². The number of nitro groups is 1. The summed E-state index contributed by atoms with van der Waals surface area (Å²) in [5.41, 5.74) is -0.0355. The lowest BCUT2D eigenvalue weighted by atomic mass is 10.2. The van der Waals surface area contributed by atoms with E-state index in [1.807, 2.05) is 0 Å². The zero-order valence-electron chi connectivity index (χ0n) is 11.9. The van der Waals surface area contributed by atoms with Crippen LogP contribution in [0.5, 0.6) is 0 Å². The molecule has 5 nitrogen and oxygen atoms in total. The van der Waals surface area contributed by atoms with Crippen LogP contribution in [0.15, 0.2) is 12.1 Å². The maximum atomic E-state index is 13.4. The number of anilines is 1. The molecule has 7 heteroatoms. The van der Waals surface area contributed by atoms with Crippen LogP contribution in [0.2, 0.25) is 5.02 Å². The van der Waals surface area contributed by atoms with E-state index in [1.54, 1.807) is 0 Å². The van der Waals surface area contributed by atoms with Crippen LogP contribution in [-0.2, 0) is 0 Å². The van der Waals surface area contributed by atoms with Crippen LogP contribution in [0.4, 0.5) is 15.8 Å². The van der Waals surface area contributed by atoms with Crippen molar-refractivity contribution in [1.29, 1.82) is 0 Å².